The summed E-state index contributed by atoms with van der Waals surface area (Å²) in [7, 11) is -3.34. The van der Waals surface area contributed by atoms with Crippen molar-refractivity contribution in [2.75, 3.05) is 5.75 Å². The minimum Gasteiger partial charge on any atom is -0.336 e. The predicted octanol–water partition coefficient (Wildman–Crippen LogP) is 5.80. The highest BCUT2D eigenvalue weighted by Gasteiger charge is 2.23. The van der Waals surface area contributed by atoms with E-state index < -0.39 is 9.84 Å². The first kappa shape index (κ1) is 21.2. The lowest BCUT2D eigenvalue weighted by Gasteiger charge is -2.15. The van der Waals surface area contributed by atoms with Crippen LogP contribution in [0.25, 0.3) is 22.2 Å². The number of allylic oxidation sites excluding steroid dienone is 2. The van der Waals surface area contributed by atoms with E-state index in [1.807, 2.05) is 29.7 Å². The number of aromatic nitrogens is 2. The Bertz CT molecular complexity index is 1190. The first-order valence-corrected chi connectivity index (χ1v) is 11.5. The third-order valence-electron chi connectivity index (χ3n) is 5.12. The van der Waals surface area contributed by atoms with Crippen molar-refractivity contribution in [3.8, 4) is 11.1 Å². The molecular weight excluding hydrogens is 387 g/mol. The van der Waals surface area contributed by atoms with E-state index in [4.69, 9.17) is 4.98 Å². The lowest BCUT2D eigenvalue weighted by atomic mass is 9.98. The zero-order chi connectivity index (χ0) is 21.3. The van der Waals surface area contributed by atoms with Crippen LogP contribution in [0.5, 0.6) is 0 Å². The maximum Gasteiger partial charge on any atom is 0.178 e. The van der Waals surface area contributed by atoms with E-state index in [0.29, 0.717) is 4.90 Å². The number of halogens is 1. The molecule has 0 amide bonds. The van der Waals surface area contributed by atoms with Gasteiger partial charge >= 0.3 is 0 Å². The average molecular weight is 415 g/mol. The molecule has 0 atom stereocenters. The first-order chi connectivity index (χ1) is 13.7. The molecule has 0 N–H and O–H groups in total. The van der Waals surface area contributed by atoms with E-state index in [2.05, 4.69) is 13.8 Å². The second-order valence-electron chi connectivity index (χ2n) is 7.49. The van der Waals surface area contributed by atoms with Gasteiger partial charge in [-0.3, -0.25) is 4.98 Å². The Morgan fingerprint density at radius 3 is 2.59 bits per heavy atom. The fourth-order valence-electron chi connectivity index (χ4n) is 3.65. The minimum absolute atomic E-state index is 0.0408. The molecule has 3 aromatic rings. The summed E-state index contributed by atoms with van der Waals surface area (Å²) in [6, 6.07) is 10.9. The monoisotopic (exact) mass is 414 g/mol. The summed E-state index contributed by atoms with van der Waals surface area (Å²) < 4.78 is 41.1. The van der Waals surface area contributed by atoms with Gasteiger partial charge in [-0.25, -0.2) is 12.8 Å². The van der Waals surface area contributed by atoms with Crippen molar-refractivity contribution in [3.63, 3.8) is 0 Å². The molecule has 0 saturated heterocycles. The van der Waals surface area contributed by atoms with Crippen LogP contribution < -0.4 is 0 Å². The van der Waals surface area contributed by atoms with Crippen LogP contribution in [0.1, 0.15) is 45.0 Å². The van der Waals surface area contributed by atoms with Crippen molar-refractivity contribution in [1.82, 2.24) is 9.55 Å². The lowest BCUT2D eigenvalue weighted by Crippen LogP contribution is -2.06. The molecule has 0 radical (unpaired) electrons. The molecule has 2 heterocycles. The maximum absolute atomic E-state index is 14.3. The standard InChI is InChI=1S/C23H27FN2O2S/c1-6-18(24)14-26-20-12-11-16(5)25-22(20)21(23(26)15(3)4)17-9-8-10-19(13-17)29(27,28)7-2/h6,8-13,15H,7,14H2,1-5H3/b18-6-. The summed E-state index contributed by atoms with van der Waals surface area (Å²) in [6.07, 6.45) is 1.46. The molecular formula is C23H27FN2O2S. The van der Waals surface area contributed by atoms with E-state index in [1.165, 1.54) is 6.08 Å². The molecule has 0 aliphatic carbocycles. The highest BCUT2D eigenvalue weighted by Crippen LogP contribution is 2.39. The summed E-state index contributed by atoms with van der Waals surface area (Å²) >= 11 is 0. The third kappa shape index (κ3) is 3.99. The van der Waals surface area contributed by atoms with Gasteiger partial charge in [0.25, 0.3) is 0 Å². The van der Waals surface area contributed by atoms with Gasteiger partial charge in [-0.05, 0) is 49.6 Å². The van der Waals surface area contributed by atoms with Gasteiger partial charge in [0.15, 0.2) is 9.84 Å². The van der Waals surface area contributed by atoms with E-state index in [9.17, 15) is 12.8 Å². The Balaban J connectivity index is 2.40. The topological polar surface area (TPSA) is 52.0 Å². The van der Waals surface area contributed by atoms with Gasteiger partial charge < -0.3 is 4.57 Å². The first-order valence-electron chi connectivity index (χ1n) is 9.83. The van der Waals surface area contributed by atoms with Crippen LogP contribution in [0.4, 0.5) is 4.39 Å². The summed E-state index contributed by atoms with van der Waals surface area (Å²) in [5.74, 6) is -0.0899. The quantitative estimate of drug-likeness (QED) is 0.512. The Labute approximate surface area is 172 Å². The molecule has 154 valence electrons. The second-order valence-corrected chi connectivity index (χ2v) is 9.77. The van der Waals surface area contributed by atoms with Gasteiger partial charge in [-0.2, -0.15) is 0 Å². The van der Waals surface area contributed by atoms with Crippen LogP contribution >= 0.6 is 0 Å². The summed E-state index contributed by atoms with van der Waals surface area (Å²) in [6.45, 7) is 9.47. The van der Waals surface area contributed by atoms with Crippen molar-refractivity contribution in [3.05, 3.63) is 59.7 Å². The minimum atomic E-state index is -3.34. The molecule has 3 rings (SSSR count). The number of benzene rings is 1. The van der Waals surface area contributed by atoms with Gasteiger partial charge in [-0.15, -0.1) is 0 Å². The Kier molecular flexibility index (Phi) is 5.94. The van der Waals surface area contributed by atoms with Gasteiger partial charge in [-0.1, -0.05) is 39.0 Å². The van der Waals surface area contributed by atoms with Gasteiger partial charge in [0.05, 0.1) is 28.2 Å². The number of aryl methyl sites for hydroxylation is 1. The van der Waals surface area contributed by atoms with E-state index in [0.717, 1.165) is 33.5 Å². The van der Waals surface area contributed by atoms with Crippen LogP contribution in [0.2, 0.25) is 0 Å². The van der Waals surface area contributed by atoms with Gasteiger partial charge in [0, 0.05) is 17.0 Å². The van der Waals surface area contributed by atoms with Crippen molar-refractivity contribution >= 4 is 20.9 Å². The van der Waals surface area contributed by atoms with Crippen molar-refractivity contribution in [2.24, 2.45) is 0 Å². The number of sulfone groups is 1. The van der Waals surface area contributed by atoms with Crippen LogP contribution in [-0.4, -0.2) is 23.7 Å². The van der Waals surface area contributed by atoms with Crippen LogP contribution in [-0.2, 0) is 16.4 Å². The number of nitrogens with zero attached hydrogens (tertiary/aromatic N) is 2. The molecule has 0 bridgehead atoms. The Morgan fingerprint density at radius 1 is 1.24 bits per heavy atom. The molecule has 0 unspecified atom stereocenters. The fraction of sp³-hybridized carbons (Fsp3) is 0.348. The van der Waals surface area contributed by atoms with E-state index >= 15 is 0 Å². The van der Waals surface area contributed by atoms with Crippen LogP contribution in [0.3, 0.4) is 0 Å². The number of fused-ring (bicyclic) bond motifs is 1. The van der Waals surface area contributed by atoms with Crippen molar-refractivity contribution in [2.45, 2.75) is 52.0 Å². The molecule has 0 aliphatic rings. The molecule has 0 saturated carbocycles. The zero-order valence-corrected chi connectivity index (χ0v) is 18.3. The maximum atomic E-state index is 14.3. The zero-order valence-electron chi connectivity index (χ0n) is 17.5. The summed E-state index contributed by atoms with van der Waals surface area (Å²) in [5.41, 5.74) is 5.07. The highest BCUT2D eigenvalue weighted by molar-refractivity contribution is 7.91. The molecule has 0 fully saturated rings. The van der Waals surface area contributed by atoms with Crippen molar-refractivity contribution in [1.29, 1.82) is 0 Å². The molecule has 0 spiro atoms. The van der Waals surface area contributed by atoms with Gasteiger partial charge in [0.1, 0.15) is 5.83 Å². The smallest absolute Gasteiger partial charge is 0.178 e. The van der Waals surface area contributed by atoms with Crippen LogP contribution in [0, 0.1) is 6.92 Å². The van der Waals surface area contributed by atoms with E-state index in [-0.39, 0.29) is 24.0 Å². The van der Waals surface area contributed by atoms with Crippen molar-refractivity contribution < 1.29 is 12.8 Å². The molecule has 4 nitrogen and oxygen atoms in total. The molecule has 0 aliphatic heterocycles. The molecule has 2 aromatic heterocycles. The second kappa shape index (κ2) is 8.11. The average Bonchev–Trinajstić information content (AvgIpc) is 3.01. The fourth-order valence-corrected chi connectivity index (χ4v) is 4.57. The van der Waals surface area contributed by atoms with Crippen LogP contribution in [0.15, 0.2) is 53.2 Å². The largest absolute Gasteiger partial charge is 0.336 e. The third-order valence-corrected chi connectivity index (χ3v) is 6.85. The normalized spacial score (nSPS) is 12.9. The highest BCUT2D eigenvalue weighted by atomic mass is 32.2. The molecule has 29 heavy (non-hydrogen) atoms. The molecule has 1 aromatic carbocycles. The SMILES string of the molecule is C/C=C(\F)Cn1c(C(C)C)c(-c2cccc(S(=O)(=O)CC)c2)c2nc(C)ccc21. The number of pyridine rings is 1. The van der Waals surface area contributed by atoms with Gasteiger partial charge in [0.2, 0.25) is 0 Å². The number of rotatable bonds is 6. The molecule has 6 heteroatoms. The summed E-state index contributed by atoms with van der Waals surface area (Å²) in [5, 5.41) is 0. The summed E-state index contributed by atoms with van der Waals surface area (Å²) in [4.78, 5) is 5.04. The predicted molar refractivity (Wildman–Crippen MR) is 117 cm³/mol. The Hall–Kier alpha value is -2.47. The Morgan fingerprint density at radius 2 is 1.97 bits per heavy atom. The lowest BCUT2D eigenvalue weighted by molar-refractivity contribution is 0.547. The number of hydrogen-bond donors (Lipinski definition) is 0. The number of hydrogen-bond acceptors (Lipinski definition) is 3. The van der Waals surface area contributed by atoms with E-state index in [1.54, 1.807) is 32.0 Å².